The molecule has 7 heteroatoms. The molecule has 27 heavy (non-hydrogen) atoms. The van der Waals surface area contributed by atoms with E-state index in [1.807, 2.05) is 64.3 Å². The average molecular weight is 402 g/mol. The van der Waals surface area contributed by atoms with Gasteiger partial charge in [0.1, 0.15) is 4.70 Å². The molecule has 142 valence electrons. The number of thiophene rings is 1. The van der Waals surface area contributed by atoms with E-state index in [2.05, 4.69) is 10.3 Å². The molecular formula is C20H23N3O2S2. The Kier molecular flexibility index (Phi) is 5.44. The largest absolute Gasteiger partial charge is 0.351 e. The summed E-state index contributed by atoms with van der Waals surface area (Å²) in [4.78, 5) is 30.1. The monoisotopic (exact) mass is 401 g/mol. The van der Waals surface area contributed by atoms with Crippen molar-refractivity contribution in [1.82, 2.24) is 14.9 Å². The lowest BCUT2D eigenvalue weighted by molar-refractivity contribution is -0.119. The molecule has 2 heterocycles. The molecule has 1 N–H and O–H groups in total. The van der Waals surface area contributed by atoms with E-state index in [4.69, 9.17) is 0 Å². The van der Waals surface area contributed by atoms with Crippen LogP contribution >= 0.6 is 23.1 Å². The number of carbonyl (C=O) groups is 1. The summed E-state index contributed by atoms with van der Waals surface area (Å²) in [5.41, 5.74) is 3.14. The van der Waals surface area contributed by atoms with Crippen molar-refractivity contribution in [3.05, 3.63) is 51.1 Å². The van der Waals surface area contributed by atoms with Gasteiger partial charge < -0.3 is 5.32 Å². The van der Waals surface area contributed by atoms with Crippen LogP contribution < -0.4 is 10.9 Å². The van der Waals surface area contributed by atoms with Crippen LogP contribution in [0.1, 0.15) is 31.9 Å². The van der Waals surface area contributed by atoms with Crippen molar-refractivity contribution in [3.63, 3.8) is 0 Å². The van der Waals surface area contributed by atoms with Gasteiger partial charge in [-0.3, -0.25) is 14.2 Å². The number of hydrogen-bond acceptors (Lipinski definition) is 5. The number of aromatic nitrogens is 2. The smallest absolute Gasteiger partial charge is 0.276 e. The van der Waals surface area contributed by atoms with Gasteiger partial charge in [-0.25, -0.2) is 4.98 Å². The van der Waals surface area contributed by atoms with Gasteiger partial charge >= 0.3 is 0 Å². The molecule has 0 aliphatic heterocycles. The highest BCUT2D eigenvalue weighted by Gasteiger charge is 2.19. The van der Waals surface area contributed by atoms with E-state index < -0.39 is 0 Å². The van der Waals surface area contributed by atoms with Gasteiger partial charge in [0, 0.05) is 5.54 Å². The first-order valence-electron chi connectivity index (χ1n) is 8.67. The summed E-state index contributed by atoms with van der Waals surface area (Å²) >= 11 is 2.67. The van der Waals surface area contributed by atoms with Crippen LogP contribution in [0.25, 0.3) is 15.9 Å². The lowest BCUT2D eigenvalue weighted by Crippen LogP contribution is -2.41. The van der Waals surface area contributed by atoms with E-state index in [1.165, 1.54) is 23.1 Å². The molecule has 0 aliphatic carbocycles. The number of rotatable bonds is 4. The molecule has 5 nitrogen and oxygen atoms in total. The van der Waals surface area contributed by atoms with Gasteiger partial charge in [0.25, 0.3) is 5.56 Å². The molecule has 0 bridgehead atoms. The molecule has 0 saturated carbocycles. The predicted molar refractivity (Wildman–Crippen MR) is 113 cm³/mol. The Bertz CT molecular complexity index is 1060. The summed E-state index contributed by atoms with van der Waals surface area (Å²) in [5, 5.41) is 5.34. The van der Waals surface area contributed by atoms with Crippen LogP contribution in [0, 0.1) is 13.8 Å². The third-order valence-corrected chi connectivity index (χ3v) is 5.73. The van der Waals surface area contributed by atoms with Crippen molar-refractivity contribution >= 4 is 39.2 Å². The summed E-state index contributed by atoms with van der Waals surface area (Å²) in [6, 6.07) is 7.84. The number of hydrogen-bond donors (Lipinski definition) is 1. The Hall–Kier alpha value is -2.12. The van der Waals surface area contributed by atoms with Gasteiger partial charge in [-0.15, -0.1) is 11.3 Å². The quantitative estimate of drug-likeness (QED) is 0.529. The molecule has 0 spiro atoms. The third kappa shape index (κ3) is 4.42. The molecule has 0 atom stereocenters. The number of fused-ring (bicyclic) bond motifs is 1. The van der Waals surface area contributed by atoms with Crippen LogP contribution in [-0.4, -0.2) is 26.8 Å². The molecule has 0 unspecified atom stereocenters. The van der Waals surface area contributed by atoms with E-state index in [-0.39, 0.29) is 22.8 Å². The summed E-state index contributed by atoms with van der Waals surface area (Å²) in [6.07, 6.45) is 0. The Morgan fingerprint density at radius 1 is 1.26 bits per heavy atom. The second-order valence-corrected chi connectivity index (χ2v) is 9.41. The van der Waals surface area contributed by atoms with Gasteiger partial charge in [-0.2, -0.15) is 0 Å². The minimum Gasteiger partial charge on any atom is -0.351 e. The Morgan fingerprint density at radius 3 is 2.70 bits per heavy atom. The lowest BCUT2D eigenvalue weighted by atomic mass is 10.1. The highest BCUT2D eigenvalue weighted by Crippen LogP contribution is 2.25. The number of amides is 1. The molecule has 3 aromatic rings. The molecular weight excluding hydrogens is 378 g/mol. The normalized spacial score (nSPS) is 11.7. The summed E-state index contributed by atoms with van der Waals surface area (Å²) in [7, 11) is 0. The Morgan fingerprint density at radius 2 is 2.00 bits per heavy atom. The van der Waals surface area contributed by atoms with E-state index in [0.717, 1.165) is 16.8 Å². The van der Waals surface area contributed by atoms with Gasteiger partial charge in [-0.1, -0.05) is 23.9 Å². The van der Waals surface area contributed by atoms with Crippen LogP contribution in [0.4, 0.5) is 0 Å². The first-order chi connectivity index (χ1) is 12.7. The van der Waals surface area contributed by atoms with E-state index in [9.17, 15) is 9.59 Å². The molecule has 0 radical (unpaired) electrons. The first-order valence-corrected chi connectivity index (χ1v) is 10.5. The van der Waals surface area contributed by atoms with Gasteiger partial charge in [0.05, 0.1) is 17.0 Å². The zero-order valence-electron chi connectivity index (χ0n) is 16.1. The highest BCUT2D eigenvalue weighted by molar-refractivity contribution is 7.99. The van der Waals surface area contributed by atoms with E-state index >= 15 is 0 Å². The average Bonchev–Trinajstić information content (AvgIpc) is 3.03. The van der Waals surface area contributed by atoms with Gasteiger partial charge in [0.15, 0.2) is 5.16 Å². The van der Waals surface area contributed by atoms with Crippen molar-refractivity contribution in [2.24, 2.45) is 0 Å². The summed E-state index contributed by atoms with van der Waals surface area (Å²) in [5.74, 6) is 0.115. The molecule has 1 aromatic carbocycles. The number of aryl methyl sites for hydroxylation is 2. The van der Waals surface area contributed by atoms with Crippen molar-refractivity contribution < 1.29 is 4.79 Å². The van der Waals surface area contributed by atoms with Crippen molar-refractivity contribution in [3.8, 4) is 5.69 Å². The minimum absolute atomic E-state index is 0.0836. The maximum Gasteiger partial charge on any atom is 0.276 e. The topological polar surface area (TPSA) is 64.0 Å². The third-order valence-electron chi connectivity index (χ3n) is 3.90. The van der Waals surface area contributed by atoms with Crippen LogP contribution in [0.15, 0.2) is 39.6 Å². The van der Waals surface area contributed by atoms with Crippen LogP contribution in [0.2, 0.25) is 0 Å². The van der Waals surface area contributed by atoms with Gasteiger partial charge in [0.2, 0.25) is 5.91 Å². The number of nitrogens with one attached hydrogen (secondary N) is 1. The fraction of sp³-hybridized carbons (Fsp3) is 0.350. The Balaban J connectivity index is 2.07. The molecule has 3 rings (SSSR count). The lowest BCUT2D eigenvalue weighted by Gasteiger charge is -2.20. The molecule has 1 amide bonds. The standard InChI is InChI=1S/C20H23N3O2S2/c1-12-6-7-13(2)15(10-12)23-18(25)17-14(8-9-26-17)21-19(23)27-11-16(24)22-20(3,4)5/h6-10H,11H2,1-5H3,(H,22,24). The number of thioether (sulfide) groups is 1. The first kappa shape index (κ1) is 19.6. The fourth-order valence-electron chi connectivity index (χ4n) is 2.75. The Labute approximate surface area is 166 Å². The summed E-state index contributed by atoms with van der Waals surface area (Å²) in [6.45, 7) is 9.79. The molecule has 0 fully saturated rings. The van der Waals surface area contributed by atoms with Crippen molar-refractivity contribution in [2.45, 2.75) is 45.3 Å². The second-order valence-electron chi connectivity index (χ2n) is 7.55. The molecule has 0 aliphatic rings. The van der Waals surface area contributed by atoms with E-state index in [0.29, 0.717) is 15.4 Å². The minimum atomic E-state index is -0.296. The molecule has 0 saturated heterocycles. The number of carbonyl (C=O) groups excluding carboxylic acids is 1. The fourth-order valence-corrected chi connectivity index (χ4v) is 4.31. The summed E-state index contributed by atoms with van der Waals surface area (Å²) < 4.78 is 2.26. The highest BCUT2D eigenvalue weighted by atomic mass is 32.2. The maximum atomic E-state index is 13.2. The zero-order chi connectivity index (χ0) is 19.8. The maximum absolute atomic E-state index is 13.2. The van der Waals surface area contributed by atoms with Crippen LogP contribution in [0.3, 0.4) is 0 Å². The van der Waals surface area contributed by atoms with E-state index in [1.54, 1.807) is 4.57 Å². The number of benzene rings is 1. The van der Waals surface area contributed by atoms with Crippen molar-refractivity contribution in [1.29, 1.82) is 0 Å². The van der Waals surface area contributed by atoms with Crippen LogP contribution in [-0.2, 0) is 4.79 Å². The zero-order valence-corrected chi connectivity index (χ0v) is 17.8. The van der Waals surface area contributed by atoms with Crippen molar-refractivity contribution in [2.75, 3.05) is 5.75 Å². The SMILES string of the molecule is Cc1ccc(C)c(-n2c(SCC(=O)NC(C)(C)C)nc3ccsc3c2=O)c1. The van der Waals surface area contributed by atoms with Crippen LogP contribution in [0.5, 0.6) is 0 Å². The second kappa shape index (κ2) is 7.48. The number of nitrogens with zero attached hydrogens (tertiary/aromatic N) is 2. The predicted octanol–water partition coefficient (Wildman–Crippen LogP) is 4.07. The van der Waals surface area contributed by atoms with Gasteiger partial charge in [-0.05, 0) is 63.3 Å². The molecule has 2 aromatic heterocycles.